The lowest BCUT2D eigenvalue weighted by Gasteiger charge is -2.31. The van der Waals surface area contributed by atoms with E-state index in [9.17, 15) is 19.8 Å². The lowest BCUT2D eigenvalue weighted by molar-refractivity contribution is -0.172. The summed E-state index contributed by atoms with van der Waals surface area (Å²) in [6.07, 6.45) is 0.0365. The zero-order chi connectivity index (χ0) is 23.0. The summed E-state index contributed by atoms with van der Waals surface area (Å²) in [5.41, 5.74) is -0.0676. The van der Waals surface area contributed by atoms with Crippen LogP contribution in [0.4, 0.5) is 0 Å². The van der Waals surface area contributed by atoms with Crippen molar-refractivity contribution in [3.8, 4) is 22.9 Å². The Morgan fingerprint density at radius 3 is 2.97 bits per heavy atom. The van der Waals surface area contributed by atoms with Gasteiger partial charge in [-0.1, -0.05) is 6.92 Å². The standard InChI is InChI=1S/C21H18N2O6/c1-3-21(27)13-7-15-17-10(8-23(15)19(25)12(13)9-29-20(21)26)6-11-14(22-17)4-5-16(24)18(11)28-2/h4-7,24,27H,3,8-9H2,1-2H3/t21-/m0/s1/i2D3. The summed E-state index contributed by atoms with van der Waals surface area (Å²) in [6, 6.07) is 6.00. The van der Waals surface area contributed by atoms with Crippen LogP contribution in [-0.4, -0.2) is 32.8 Å². The number of ether oxygens (including phenoxy) is 2. The van der Waals surface area contributed by atoms with Crippen molar-refractivity contribution in [1.29, 1.82) is 0 Å². The number of carbonyl (C=O) groups is 1. The Kier molecular flexibility index (Phi) is 2.92. The number of nitrogens with zero attached hydrogens (tertiary/aromatic N) is 2. The molecule has 1 aromatic carbocycles. The van der Waals surface area contributed by atoms with Crippen LogP contribution in [0.3, 0.4) is 0 Å². The van der Waals surface area contributed by atoms with Crippen LogP contribution in [-0.2, 0) is 28.3 Å². The van der Waals surface area contributed by atoms with Gasteiger partial charge < -0.3 is 24.3 Å². The average Bonchev–Trinajstić information content (AvgIpc) is 3.09. The molecule has 0 bridgehead atoms. The van der Waals surface area contributed by atoms with Gasteiger partial charge in [0.25, 0.3) is 5.56 Å². The van der Waals surface area contributed by atoms with E-state index in [0.29, 0.717) is 22.5 Å². The van der Waals surface area contributed by atoms with Gasteiger partial charge in [-0.15, -0.1) is 0 Å². The number of aliphatic hydroxyl groups is 1. The van der Waals surface area contributed by atoms with Crippen LogP contribution in [0.15, 0.2) is 29.1 Å². The molecule has 0 amide bonds. The van der Waals surface area contributed by atoms with Crippen molar-refractivity contribution in [2.75, 3.05) is 7.04 Å². The molecule has 2 N–H and O–H groups in total. The molecule has 2 aliphatic heterocycles. The Hall–Kier alpha value is -3.39. The molecule has 0 aliphatic carbocycles. The van der Waals surface area contributed by atoms with Crippen LogP contribution in [0.1, 0.15) is 34.1 Å². The molecule has 8 heteroatoms. The third-order valence-corrected chi connectivity index (χ3v) is 5.72. The first-order chi connectivity index (χ1) is 15.0. The van der Waals surface area contributed by atoms with Gasteiger partial charge in [-0.2, -0.15) is 0 Å². The summed E-state index contributed by atoms with van der Waals surface area (Å²) in [6.45, 7) is 1.53. The number of benzene rings is 1. The minimum absolute atomic E-state index is 0.0365. The number of hydrogen-bond acceptors (Lipinski definition) is 7. The molecular formula is C21H18N2O6. The zero-order valence-corrected chi connectivity index (χ0v) is 15.4. The van der Waals surface area contributed by atoms with Gasteiger partial charge in [-0.25, -0.2) is 9.78 Å². The molecule has 4 heterocycles. The van der Waals surface area contributed by atoms with E-state index in [1.807, 2.05) is 0 Å². The molecule has 0 radical (unpaired) electrons. The number of hydrogen-bond donors (Lipinski definition) is 2. The Morgan fingerprint density at radius 2 is 2.21 bits per heavy atom. The van der Waals surface area contributed by atoms with Gasteiger partial charge >= 0.3 is 5.97 Å². The maximum Gasteiger partial charge on any atom is 0.343 e. The second-order valence-electron chi connectivity index (χ2n) is 7.18. The van der Waals surface area contributed by atoms with E-state index < -0.39 is 24.2 Å². The highest BCUT2D eigenvalue weighted by Crippen LogP contribution is 2.41. The third-order valence-electron chi connectivity index (χ3n) is 5.72. The van der Waals surface area contributed by atoms with Crippen LogP contribution >= 0.6 is 0 Å². The molecule has 0 saturated carbocycles. The van der Waals surface area contributed by atoms with Crippen molar-refractivity contribution < 1.29 is 28.6 Å². The van der Waals surface area contributed by atoms with Gasteiger partial charge in [0.05, 0.1) is 40.2 Å². The molecule has 29 heavy (non-hydrogen) atoms. The van der Waals surface area contributed by atoms with Gasteiger partial charge in [0.1, 0.15) is 6.61 Å². The van der Waals surface area contributed by atoms with Crippen LogP contribution < -0.4 is 10.3 Å². The number of aromatic nitrogens is 2. The summed E-state index contributed by atoms with van der Waals surface area (Å²) in [5.74, 6) is -1.37. The summed E-state index contributed by atoms with van der Waals surface area (Å²) in [7, 11) is -2.78. The highest BCUT2D eigenvalue weighted by molar-refractivity contribution is 5.91. The summed E-state index contributed by atoms with van der Waals surface area (Å²) in [4.78, 5) is 30.0. The number of rotatable bonds is 2. The lowest BCUT2D eigenvalue weighted by atomic mass is 9.86. The predicted octanol–water partition coefficient (Wildman–Crippen LogP) is 1.79. The van der Waals surface area contributed by atoms with Crippen molar-refractivity contribution in [2.24, 2.45) is 0 Å². The molecule has 2 aromatic heterocycles. The predicted molar refractivity (Wildman–Crippen MR) is 103 cm³/mol. The molecule has 3 aromatic rings. The maximum atomic E-state index is 13.2. The number of pyridine rings is 2. The van der Waals surface area contributed by atoms with Crippen molar-refractivity contribution in [1.82, 2.24) is 9.55 Å². The Morgan fingerprint density at radius 1 is 1.38 bits per heavy atom. The van der Waals surface area contributed by atoms with Gasteiger partial charge in [0, 0.05) is 16.5 Å². The van der Waals surface area contributed by atoms with E-state index in [1.54, 1.807) is 19.1 Å². The molecule has 5 rings (SSSR count). The molecule has 2 aliphatic rings. The molecule has 8 nitrogen and oxygen atoms in total. The number of cyclic esters (lactones) is 1. The normalized spacial score (nSPS) is 21.4. The number of carbonyl (C=O) groups excluding carboxylic acids is 1. The number of esters is 1. The highest BCUT2D eigenvalue weighted by Gasteiger charge is 2.45. The van der Waals surface area contributed by atoms with Crippen LogP contribution in [0, 0.1) is 0 Å². The quantitative estimate of drug-likeness (QED) is 0.496. The number of aromatic hydroxyl groups is 1. The van der Waals surface area contributed by atoms with E-state index in [4.69, 9.17) is 13.6 Å². The first-order valence-corrected chi connectivity index (χ1v) is 9.05. The fourth-order valence-corrected chi connectivity index (χ4v) is 4.12. The van der Waals surface area contributed by atoms with Gasteiger partial charge in [-0.05, 0) is 30.7 Å². The molecular weight excluding hydrogens is 376 g/mol. The zero-order valence-electron chi connectivity index (χ0n) is 18.4. The molecule has 0 spiro atoms. The monoisotopic (exact) mass is 397 g/mol. The number of methoxy groups -OCH3 is 1. The van der Waals surface area contributed by atoms with Crippen molar-refractivity contribution >= 4 is 16.9 Å². The number of phenols is 1. The summed E-state index contributed by atoms with van der Waals surface area (Å²) < 4.78 is 33.6. The maximum absolute atomic E-state index is 13.2. The Labute approximate surface area is 169 Å². The Balaban J connectivity index is 1.74. The van der Waals surface area contributed by atoms with E-state index >= 15 is 0 Å². The first-order valence-electron chi connectivity index (χ1n) is 10.6. The molecule has 0 unspecified atom stereocenters. The minimum atomic E-state index is -2.78. The lowest BCUT2D eigenvalue weighted by Crippen LogP contribution is -2.44. The smallest absolute Gasteiger partial charge is 0.343 e. The van der Waals surface area contributed by atoms with Gasteiger partial charge in [0.2, 0.25) is 0 Å². The number of phenolic OH excluding ortho intramolecular Hbond substituents is 1. The highest BCUT2D eigenvalue weighted by atomic mass is 16.6. The van der Waals surface area contributed by atoms with Crippen LogP contribution in [0.25, 0.3) is 22.3 Å². The van der Waals surface area contributed by atoms with Crippen molar-refractivity contribution in [3.05, 3.63) is 51.3 Å². The Bertz CT molecular complexity index is 1380. The second-order valence-corrected chi connectivity index (χ2v) is 7.18. The van der Waals surface area contributed by atoms with Crippen LogP contribution in [0.2, 0.25) is 0 Å². The van der Waals surface area contributed by atoms with E-state index in [2.05, 4.69) is 4.98 Å². The average molecular weight is 397 g/mol. The SMILES string of the molecule is [2H]C([2H])([2H])Oc1c(O)ccc2nc3c(cc12)Cn1c-3cc2c(c1=O)COC(=O)[C@]2(O)CC. The van der Waals surface area contributed by atoms with Crippen molar-refractivity contribution in [2.45, 2.75) is 32.1 Å². The molecule has 1 atom stereocenters. The van der Waals surface area contributed by atoms with Gasteiger partial charge in [-0.3, -0.25) is 4.79 Å². The molecule has 0 saturated heterocycles. The topological polar surface area (TPSA) is 111 Å². The molecule has 0 fully saturated rings. The molecule has 148 valence electrons. The van der Waals surface area contributed by atoms with E-state index in [1.165, 1.54) is 16.7 Å². The van der Waals surface area contributed by atoms with Crippen LogP contribution in [0.5, 0.6) is 11.5 Å². The minimum Gasteiger partial charge on any atom is -0.504 e. The summed E-state index contributed by atoms with van der Waals surface area (Å²) in [5, 5.41) is 21.4. The largest absolute Gasteiger partial charge is 0.504 e. The van der Waals surface area contributed by atoms with Crippen molar-refractivity contribution in [3.63, 3.8) is 0 Å². The third kappa shape index (κ3) is 2.20. The fraction of sp³-hybridized carbons (Fsp3) is 0.286. The fourth-order valence-electron chi connectivity index (χ4n) is 4.12. The number of fused-ring (bicyclic) bond motifs is 5. The first kappa shape index (κ1) is 14.6. The second kappa shape index (κ2) is 5.81. The van der Waals surface area contributed by atoms with Gasteiger partial charge in [0.15, 0.2) is 17.1 Å². The van der Waals surface area contributed by atoms with E-state index in [-0.39, 0.29) is 47.6 Å². The summed E-state index contributed by atoms with van der Waals surface area (Å²) >= 11 is 0. The van der Waals surface area contributed by atoms with E-state index in [0.717, 1.165) is 0 Å².